The van der Waals surface area contributed by atoms with Crippen LogP contribution in [0.4, 0.5) is 0 Å². The second kappa shape index (κ2) is 4.57. The highest BCUT2D eigenvalue weighted by molar-refractivity contribution is 5.92. The monoisotopic (exact) mass is 220 g/mol. The molecule has 0 atom stereocenters. The van der Waals surface area contributed by atoms with Crippen LogP contribution in [0.3, 0.4) is 0 Å². The minimum absolute atomic E-state index is 0.125. The molecule has 1 fully saturated rings. The lowest BCUT2D eigenvalue weighted by Gasteiger charge is -2.34. The van der Waals surface area contributed by atoms with Crippen molar-refractivity contribution in [2.75, 3.05) is 13.1 Å². The molecule has 0 spiro atoms. The van der Waals surface area contributed by atoms with E-state index in [1.807, 2.05) is 0 Å². The predicted octanol–water partition coefficient (Wildman–Crippen LogP) is 0.349. The van der Waals surface area contributed by atoms with Crippen LogP contribution in [-0.4, -0.2) is 34.5 Å². The van der Waals surface area contributed by atoms with E-state index in [4.69, 9.17) is 0 Å². The normalized spacial score (nSPS) is 19.1. The zero-order valence-electron chi connectivity index (χ0n) is 9.36. The maximum absolute atomic E-state index is 11.9. The number of amides is 1. The van der Waals surface area contributed by atoms with Gasteiger partial charge in [0, 0.05) is 17.9 Å². The van der Waals surface area contributed by atoms with Crippen molar-refractivity contribution in [3.63, 3.8) is 0 Å². The van der Waals surface area contributed by atoms with Crippen LogP contribution < -0.4 is 10.6 Å². The minimum Gasteiger partial charge on any atom is -0.345 e. The summed E-state index contributed by atoms with van der Waals surface area (Å²) in [6.07, 6.45) is 6.46. The molecule has 1 aliphatic rings. The van der Waals surface area contributed by atoms with E-state index in [9.17, 15) is 4.79 Å². The molecule has 0 aromatic carbocycles. The molecule has 86 valence electrons. The molecule has 1 aromatic heterocycles. The Morgan fingerprint density at radius 1 is 1.44 bits per heavy atom. The average molecular weight is 220 g/mol. The summed E-state index contributed by atoms with van der Waals surface area (Å²) < 4.78 is 0. The number of rotatable bonds is 2. The largest absolute Gasteiger partial charge is 0.345 e. The Labute approximate surface area is 94.7 Å². The first-order valence-corrected chi connectivity index (χ1v) is 5.49. The lowest BCUT2D eigenvalue weighted by atomic mass is 9.90. The van der Waals surface area contributed by atoms with Gasteiger partial charge in [-0.05, 0) is 32.9 Å². The van der Waals surface area contributed by atoms with Crippen LogP contribution in [0.1, 0.15) is 30.3 Å². The first kappa shape index (κ1) is 11.0. The molecule has 0 aliphatic carbocycles. The number of aromatic nitrogens is 2. The van der Waals surface area contributed by atoms with Gasteiger partial charge in [-0.2, -0.15) is 0 Å². The van der Waals surface area contributed by atoms with Crippen LogP contribution >= 0.6 is 0 Å². The molecule has 5 heteroatoms. The summed E-state index contributed by atoms with van der Waals surface area (Å²) >= 11 is 0. The van der Waals surface area contributed by atoms with Gasteiger partial charge in [0.1, 0.15) is 5.69 Å². The molecule has 5 nitrogen and oxygen atoms in total. The van der Waals surface area contributed by atoms with E-state index in [2.05, 4.69) is 27.5 Å². The molecule has 16 heavy (non-hydrogen) atoms. The van der Waals surface area contributed by atoms with Gasteiger partial charge in [0.2, 0.25) is 0 Å². The smallest absolute Gasteiger partial charge is 0.271 e. The van der Waals surface area contributed by atoms with E-state index < -0.39 is 0 Å². The zero-order valence-corrected chi connectivity index (χ0v) is 9.36. The highest BCUT2D eigenvalue weighted by Gasteiger charge is 2.28. The summed E-state index contributed by atoms with van der Waals surface area (Å²) in [5.74, 6) is -0.141. The molecule has 2 heterocycles. The van der Waals surface area contributed by atoms with Gasteiger partial charge in [-0.3, -0.25) is 9.78 Å². The summed E-state index contributed by atoms with van der Waals surface area (Å²) in [6, 6.07) is 0. The summed E-state index contributed by atoms with van der Waals surface area (Å²) in [5.41, 5.74) is 0.252. The first-order valence-electron chi connectivity index (χ1n) is 5.49. The Morgan fingerprint density at radius 2 is 2.19 bits per heavy atom. The van der Waals surface area contributed by atoms with Gasteiger partial charge >= 0.3 is 0 Å². The molecule has 1 saturated heterocycles. The van der Waals surface area contributed by atoms with E-state index in [1.165, 1.54) is 12.4 Å². The fourth-order valence-corrected chi connectivity index (χ4v) is 1.86. The molecule has 1 aliphatic heterocycles. The van der Waals surface area contributed by atoms with Crippen LogP contribution in [0, 0.1) is 0 Å². The molecular formula is C11H16N4O. The topological polar surface area (TPSA) is 66.9 Å². The summed E-state index contributed by atoms with van der Waals surface area (Å²) in [6.45, 7) is 3.95. The third-order valence-electron chi connectivity index (χ3n) is 2.92. The quantitative estimate of drug-likeness (QED) is 0.754. The predicted molar refractivity (Wildman–Crippen MR) is 60.0 cm³/mol. The third-order valence-corrected chi connectivity index (χ3v) is 2.92. The fraction of sp³-hybridized carbons (Fsp3) is 0.545. The molecule has 0 saturated carbocycles. The standard InChI is InChI=1S/C11H16N4O/c1-11(2-4-12-5-3-11)15-10(16)9-8-13-6-7-14-9/h6-8,12H,2-5H2,1H3,(H,15,16). The lowest BCUT2D eigenvalue weighted by Crippen LogP contribution is -2.52. The maximum atomic E-state index is 11.9. The average Bonchev–Trinajstić information content (AvgIpc) is 2.30. The van der Waals surface area contributed by atoms with E-state index in [0.717, 1.165) is 25.9 Å². The lowest BCUT2D eigenvalue weighted by molar-refractivity contribution is 0.0882. The Morgan fingerprint density at radius 3 is 2.81 bits per heavy atom. The van der Waals surface area contributed by atoms with Crippen molar-refractivity contribution >= 4 is 5.91 Å². The Balaban J connectivity index is 2.01. The maximum Gasteiger partial charge on any atom is 0.271 e. The molecule has 1 amide bonds. The summed E-state index contributed by atoms with van der Waals surface area (Å²) in [4.78, 5) is 19.8. The number of hydrogen-bond donors (Lipinski definition) is 2. The first-order chi connectivity index (χ1) is 7.70. The van der Waals surface area contributed by atoms with Crippen molar-refractivity contribution < 1.29 is 4.79 Å². The molecule has 0 unspecified atom stereocenters. The van der Waals surface area contributed by atoms with E-state index >= 15 is 0 Å². The number of nitrogens with zero attached hydrogens (tertiary/aromatic N) is 2. The highest BCUT2D eigenvalue weighted by atomic mass is 16.2. The van der Waals surface area contributed by atoms with Gasteiger partial charge in [-0.15, -0.1) is 0 Å². The number of nitrogens with one attached hydrogen (secondary N) is 2. The van der Waals surface area contributed by atoms with Gasteiger partial charge in [0.25, 0.3) is 5.91 Å². The van der Waals surface area contributed by atoms with Gasteiger partial charge in [0.15, 0.2) is 0 Å². The van der Waals surface area contributed by atoms with Crippen LogP contribution in [0.5, 0.6) is 0 Å². The number of carbonyl (C=O) groups is 1. The Hall–Kier alpha value is -1.49. The van der Waals surface area contributed by atoms with Crippen molar-refractivity contribution in [2.45, 2.75) is 25.3 Å². The molecule has 1 aromatic rings. The van der Waals surface area contributed by atoms with Crippen LogP contribution in [0.15, 0.2) is 18.6 Å². The van der Waals surface area contributed by atoms with Gasteiger partial charge < -0.3 is 10.6 Å². The number of carbonyl (C=O) groups excluding carboxylic acids is 1. The molecule has 2 rings (SSSR count). The third kappa shape index (κ3) is 2.55. The van der Waals surface area contributed by atoms with Gasteiger partial charge in [0.05, 0.1) is 6.20 Å². The van der Waals surface area contributed by atoms with Gasteiger partial charge in [-0.25, -0.2) is 4.98 Å². The summed E-state index contributed by atoms with van der Waals surface area (Å²) in [7, 11) is 0. The van der Waals surface area contributed by atoms with Gasteiger partial charge in [-0.1, -0.05) is 0 Å². The molecule has 2 N–H and O–H groups in total. The Bertz CT molecular complexity index is 360. The van der Waals surface area contributed by atoms with E-state index in [0.29, 0.717) is 5.69 Å². The fourth-order valence-electron chi connectivity index (χ4n) is 1.86. The minimum atomic E-state index is -0.141. The van der Waals surface area contributed by atoms with Crippen LogP contribution in [0.25, 0.3) is 0 Å². The number of hydrogen-bond acceptors (Lipinski definition) is 4. The Kier molecular flexibility index (Phi) is 3.14. The highest BCUT2D eigenvalue weighted by Crippen LogP contribution is 2.17. The van der Waals surface area contributed by atoms with Crippen LogP contribution in [0.2, 0.25) is 0 Å². The zero-order chi connectivity index (χ0) is 11.4. The van der Waals surface area contributed by atoms with E-state index in [1.54, 1.807) is 6.20 Å². The van der Waals surface area contributed by atoms with Crippen molar-refractivity contribution in [3.05, 3.63) is 24.3 Å². The second-order valence-electron chi connectivity index (χ2n) is 4.36. The van der Waals surface area contributed by atoms with Crippen molar-refractivity contribution in [1.29, 1.82) is 0 Å². The van der Waals surface area contributed by atoms with Crippen molar-refractivity contribution in [1.82, 2.24) is 20.6 Å². The van der Waals surface area contributed by atoms with Crippen LogP contribution in [-0.2, 0) is 0 Å². The summed E-state index contributed by atoms with van der Waals surface area (Å²) in [5, 5.41) is 6.30. The molecular weight excluding hydrogens is 204 g/mol. The van der Waals surface area contributed by atoms with Crippen molar-refractivity contribution in [3.8, 4) is 0 Å². The number of piperidine rings is 1. The molecule has 0 radical (unpaired) electrons. The van der Waals surface area contributed by atoms with E-state index in [-0.39, 0.29) is 11.4 Å². The second-order valence-corrected chi connectivity index (χ2v) is 4.36. The van der Waals surface area contributed by atoms with Crippen molar-refractivity contribution in [2.24, 2.45) is 0 Å². The SMILES string of the molecule is CC1(NC(=O)c2cnccn2)CCNCC1. The molecule has 0 bridgehead atoms.